The summed E-state index contributed by atoms with van der Waals surface area (Å²) in [6, 6.07) is 5.78. The lowest BCUT2D eigenvalue weighted by atomic mass is 9.96. The van der Waals surface area contributed by atoms with Crippen molar-refractivity contribution in [3.8, 4) is 10.6 Å². The Morgan fingerprint density at radius 3 is 2.50 bits per heavy atom. The molecule has 2 heterocycles. The number of aliphatic carboxylic acids is 1. The molecule has 0 aliphatic carbocycles. The molecule has 1 aliphatic heterocycles. The van der Waals surface area contributed by atoms with Gasteiger partial charge in [0.1, 0.15) is 16.5 Å². The lowest BCUT2D eigenvalue weighted by Gasteiger charge is -2.18. The van der Waals surface area contributed by atoms with Crippen LogP contribution < -0.4 is 0 Å². The minimum Gasteiger partial charge on any atom is -0.481 e. The molecule has 1 aliphatic rings. The van der Waals surface area contributed by atoms with E-state index in [1.54, 1.807) is 6.07 Å². The van der Waals surface area contributed by atoms with Gasteiger partial charge >= 0.3 is 12.1 Å². The fourth-order valence-corrected chi connectivity index (χ4v) is 3.66. The number of likely N-dealkylation sites (tertiary alicyclic amines) is 1. The Morgan fingerprint density at radius 1 is 1.23 bits per heavy atom. The number of carboxylic acids is 1. The Balaban J connectivity index is 1.82. The largest absolute Gasteiger partial charge is 0.481 e. The number of rotatable bonds is 3. The normalized spacial score (nSPS) is 20.4. The van der Waals surface area contributed by atoms with Crippen LogP contribution in [0.4, 0.5) is 17.6 Å². The number of thiazole rings is 1. The maximum absolute atomic E-state index is 13.8. The lowest BCUT2D eigenvalue weighted by molar-refractivity contribution is -0.187. The molecule has 2 atom stereocenters. The van der Waals surface area contributed by atoms with Gasteiger partial charge in [0.2, 0.25) is 0 Å². The van der Waals surface area contributed by atoms with Crippen LogP contribution in [0, 0.1) is 17.7 Å². The number of hydrogen-bond donors (Lipinski definition) is 1. The predicted molar refractivity (Wildman–Crippen MR) is 84.1 cm³/mol. The van der Waals surface area contributed by atoms with Crippen molar-refractivity contribution in [2.45, 2.75) is 6.18 Å². The van der Waals surface area contributed by atoms with Gasteiger partial charge < -0.3 is 10.0 Å². The number of benzene rings is 1. The predicted octanol–water partition coefficient (Wildman–Crippen LogP) is 3.28. The Morgan fingerprint density at radius 2 is 1.92 bits per heavy atom. The van der Waals surface area contributed by atoms with Crippen LogP contribution >= 0.6 is 11.3 Å². The smallest absolute Gasteiger partial charge is 0.394 e. The molecule has 1 aromatic carbocycles. The molecule has 10 heteroatoms. The van der Waals surface area contributed by atoms with Gasteiger partial charge in [-0.05, 0) is 12.1 Å². The zero-order chi connectivity index (χ0) is 19.1. The second-order valence-electron chi connectivity index (χ2n) is 5.82. The fourth-order valence-electron chi connectivity index (χ4n) is 2.84. The van der Waals surface area contributed by atoms with Crippen molar-refractivity contribution in [1.29, 1.82) is 0 Å². The third kappa shape index (κ3) is 3.41. The van der Waals surface area contributed by atoms with Crippen molar-refractivity contribution in [1.82, 2.24) is 9.88 Å². The van der Waals surface area contributed by atoms with E-state index in [1.165, 1.54) is 23.6 Å². The minimum absolute atomic E-state index is 0.139. The summed E-state index contributed by atoms with van der Waals surface area (Å²) in [4.78, 5) is 28.4. The summed E-state index contributed by atoms with van der Waals surface area (Å²) < 4.78 is 52.9. The number of carboxylic acid groups (broad SMARTS) is 1. The third-order valence-electron chi connectivity index (χ3n) is 4.17. The van der Waals surface area contributed by atoms with Crippen molar-refractivity contribution in [3.63, 3.8) is 0 Å². The summed E-state index contributed by atoms with van der Waals surface area (Å²) in [5.74, 6) is -6.79. The molecule has 0 radical (unpaired) electrons. The minimum atomic E-state index is -4.72. The maximum atomic E-state index is 13.8. The van der Waals surface area contributed by atoms with E-state index in [9.17, 15) is 27.2 Å². The standard InChI is InChI=1S/C16H12F4N2O3S/c17-11-4-2-1-3-8(11)13-21-12(7-26-13)14(23)22-5-9(15(24)25)10(6-22)16(18,19)20/h1-4,7,9-10H,5-6H2,(H,24,25)/t9-,10-/m1/s1. The van der Waals surface area contributed by atoms with Crippen molar-refractivity contribution < 1.29 is 32.3 Å². The highest BCUT2D eigenvalue weighted by Crippen LogP contribution is 2.38. The molecule has 1 fully saturated rings. The molecule has 1 saturated heterocycles. The van der Waals surface area contributed by atoms with Crippen LogP contribution in [0.15, 0.2) is 29.6 Å². The number of amides is 1. The summed E-state index contributed by atoms with van der Waals surface area (Å²) in [5.41, 5.74) is 0.0368. The Hall–Kier alpha value is -2.49. The van der Waals surface area contributed by atoms with E-state index in [-0.39, 0.29) is 16.3 Å². The highest BCUT2D eigenvalue weighted by Gasteiger charge is 2.53. The monoisotopic (exact) mass is 388 g/mol. The van der Waals surface area contributed by atoms with Gasteiger partial charge in [0.15, 0.2) is 0 Å². The SMILES string of the molecule is O=C(O)[C@@H]1CN(C(=O)c2csc(-c3ccccc3F)n2)C[C@H]1C(F)(F)F. The summed E-state index contributed by atoms with van der Waals surface area (Å²) in [5, 5.41) is 10.5. The van der Waals surface area contributed by atoms with Crippen LogP contribution in [0.5, 0.6) is 0 Å². The summed E-state index contributed by atoms with van der Waals surface area (Å²) in [6.45, 7) is -1.29. The second-order valence-corrected chi connectivity index (χ2v) is 6.68. The molecule has 26 heavy (non-hydrogen) atoms. The van der Waals surface area contributed by atoms with E-state index in [1.807, 2.05) is 0 Å². The number of hydrogen-bond acceptors (Lipinski definition) is 4. The molecule has 138 valence electrons. The topological polar surface area (TPSA) is 70.5 Å². The average molecular weight is 388 g/mol. The first-order valence-corrected chi connectivity index (χ1v) is 8.35. The van der Waals surface area contributed by atoms with Crippen LogP contribution in [-0.4, -0.2) is 46.1 Å². The molecular formula is C16H12F4N2O3S. The maximum Gasteiger partial charge on any atom is 0.394 e. The molecule has 0 unspecified atom stereocenters. The number of aromatic nitrogens is 1. The zero-order valence-electron chi connectivity index (χ0n) is 13.0. The number of carbonyl (C=O) groups is 2. The quantitative estimate of drug-likeness (QED) is 0.820. The molecule has 3 rings (SSSR count). The van der Waals surface area contributed by atoms with E-state index in [0.717, 1.165) is 16.2 Å². The van der Waals surface area contributed by atoms with Crippen molar-refractivity contribution in [2.24, 2.45) is 11.8 Å². The van der Waals surface area contributed by atoms with E-state index < -0.39 is 48.8 Å². The van der Waals surface area contributed by atoms with Crippen LogP contribution in [-0.2, 0) is 4.79 Å². The molecule has 0 saturated carbocycles. The fraction of sp³-hybridized carbons (Fsp3) is 0.312. The van der Waals surface area contributed by atoms with Crippen molar-refractivity contribution in [2.75, 3.05) is 13.1 Å². The first kappa shape index (κ1) is 18.3. The highest BCUT2D eigenvalue weighted by molar-refractivity contribution is 7.13. The molecule has 5 nitrogen and oxygen atoms in total. The molecule has 1 amide bonds. The van der Waals surface area contributed by atoms with E-state index in [2.05, 4.69) is 4.98 Å². The highest BCUT2D eigenvalue weighted by atomic mass is 32.1. The molecule has 0 spiro atoms. The molecular weight excluding hydrogens is 376 g/mol. The van der Waals surface area contributed by atoms with E-state index >= 15 is 0 Å². The number of nitrogens with zero attached hydrogens (tertiary/aromatic N) is 2. The Labute approximate surface area is 148 Å². The van der Waals surface area contributed by atoms with Crippen molar-refractivity contribution >= 4 is 23.2 Å². The van der Waals surface area contributed by atoms with Gasteiger partial charge in [-0.25, -0.2) is 9.37 Å². The second kappa shape index (κ2) is 6.67. The van der Waals surface area contributed by atoms with E-state index in [0.29, 0.717) is 0 Å². The molecule has 2 aromatic rings. The van der Waals surface area contributed by atoms with Crippen molar-refractivity contribution in [3.05, 3.63) is 41.2 Å². The van der Waals surface area contributed by atoms with Crippen LogP contribution in [0.2, 0.25) is 0 Å². The first-order valence-electron chi connectivity index (χ1n) is 7.47. The van der Waals surface area contributed by atoms with Gasteiger partial charge in [-0.2, -0.15) is 13.2 Å². The van der Waals surface area contributed by atoms with Gasteiger partial charge in [-0.1, -0.05) is 12.1 Å². The van der Waals surface area contributed by atoms with Crippen LogP contribution in [0.25, 0.3) is 10.6 Å². The summed E-state index contributed by atoms with van der Waals surface area (Å²) in [7, 11) is 0. The molecule has 1 aromatic heterocycles. The molecule has 0 bridgehead atoms. The number of alkyl halides is 3. The summed E-state index contributed by atoms with van der Waals surface area (Å²) >= 11 is 0.980. The van der Waals surface area contributed by atoms with Gasteiger partial charge in [0.25, 0.3) is 5.91 Å². The van der Waals surface area contributed by atoms with Gasteiger partial charge in [-0.15, -0.1) is 11.3 Å². The van der Waals surface area contributed by atoms with Gasteiger partial charge in [0, 0.05) is 24.0 Å². The lowest BCUT2D eigenvalue weighted by Crippen LogP contribution is -2.34. The Kier molecular flexibility index (Phi) is 4.70. The van der Waals surface area contributed by atoms with Crippen LogP contribution in [0.1, 0.15) is 10.5 Å². The number of carbonyl (C=O) groups excluding carboxylic acids is 1. The van der Waals surface area contributed by atoms with Gasteiger partial charge in [0.05, 0.1) is 11.8 Å². The van der Waals surface area contributed by atoms with E-state index in [4.69, 9.17) is 5.11 Å². The molecule has 1 N–H and O–H groups in total. The average Bonchev–Trinajstić information content (AvgIpc) is 3.22. The Bertz CT molecular complexity index is 852. The zero-order valence-corrected chi connectivity index (χ0v) is 13.9. The third-order valence-corrected chi connectivity index (χ3v) is 5.05. The van der Waals surface area contributed by atoms with Gasteiger partial charge in [-0.3, -0.25) is 9.59 Å². The summed E-state index contributed by atoms with van der Waals surface area (Å²) in [6.07, 6.45) is -4.72. The first-order chi connectivity index (χ1) is 12.2. The van der Waals surface area contributed by atoms with Crippen LogP contribution in [0.3, 0.4) is 0 Å². The number of halogens is 4.